The van der Waals surface area contributed by atoms with E-state index in [9.17, 15) is 18.8 Å². The lowest BCUT2D eigenvalue weighted by molar-refractivity contribution is -0.118. The Labute approximate surface area is 178 Å². The van der Waals surface area contributed by atoms with Crippen molar-refractivity contribution in [3.05, 3.63) is 80.6 Å². The maximum Gasteiger partial charge on any atom is 0.330 e. The van der Waals surface area contributed by atoms with Gasteiger partial charge < -0.3 is 10.2 Å². The van der Waals surface area contributed by atoms with Crippen LogP contribution >= 0.6 is 0 Å². The second-order valence-electron chi connectivity index (χ2n) is 7.18. The van der Waals surface area contributed by atoms with Gasteiger partial charge in [-0.1, -0.05) is 25.5 Å². The zero-order chi connectivity index (χ0) is 22.4. The summed E-state index contributed by atoms with van der Waals surface area (Å²) in [6.45, 7) is 2.27. The molecule has 0 fully saturated rings. The number of furan rings is 1. The molecule has 3 N–H and O–H groups in total. The molecule has 9 heteroatoms. The fourth-order valence-electron chi connectivity index (χ4n) is 3.26. The number of hydrogen-bond acceptors (Lipinski definition) is 5. The van der Waals surface area contributed by atoms with Crippen LogP contribution in [0.3, 0.4) is 0 Å². The summed E-state index contributed by atoms with van der Waals surface area (Å²) in [5.74, 6) is -0.342. The van der Waals surface area contributed by atoms with Gasteiger partial charge in [0.15, 0.2) is 5.69 Å². The first-order chi connectivity index (χ1) is 14.9. The van der Waals surface area contributed by atoms with E-state index in [1.54, 1.807) is 24.3 Å². The number of benzene rings is 1. The SMILES string of the molecule is CCCCn1c(N)c(N(Cc2ccco2)C(=O)CCc2ccc(F)cc2)c(=O)[nH]c1=O. The molecule has 31 heavy (non-hydrogen) atoms. The highest BCUT2D eigenvalue weighted by Gasteiger charge is 2.25. The van der Waals surface area contributed by atoms with Gasteiger partial charge in [-0.3, -0.25) is 24.0 Å². The lowest BCUT2D eigenvalue weighted by Crippen LogP contribution is -2.41. The van der Waals surface area contributed by atoms with Crippen molar-refractivity contribution in [1.29, 1.82) is 0 Å². The Hall–Kier alpha value is -3.62. The third kappa shape index (κ3) is 5.30. The summed E-state index contributed by atoms with van der Waals surface area (Å²) >= 11 is 0. The average Bonchev–Trinajstić information content (AvgIpc) is 3.25. The van der Waals surface area contributed by atoms with Gasteiger partial charge in [-0.15, -0.1) is 0 Å². The number of aromatic amines is 1. The number of nitrogen functional groups attached to an aromatic ring is 1. The van der Waals surface area contributed by atoms with Gasteiger partial charge in [0.25, 0.3) is 5.56 Å². The van der Waals surface area contributed by atoms with E-state index in [4.69, 9.17) is 10.2 Å². The largest absolute Gasteiger partial charge is 0.467 e. The van der Waals surface area contributed by atoms with Crippen molar-refractivity contribution in [3.63, 3.8) is 0 Å². The van der Waals surface area contributed by atoms with Gasteiger partial charge in [0.05, 0.1) is 12.8 Å². The molecule has 1 aromatic carbocycles. The number of hydrogen-bond donors (Lipinski definition) is 2. The molecule has 0 saturated heterocycles. The Morgan fingerprint density at radius 2 is 1.97 bits per heavy atom. The van der Waals surface area contributed by atoms with E-state index in [1.807, 2.05) is 6.92 Å². The van der Waals surface area contributed by atoms with E-state index in [2.05, 4.69) is 4.98 Å². The van der Waals surface area contributed by atoms with Crippen LogP contribution in [0.5, 0.6) is 0 Å². The lowest BCUT2D eigenvalue weighted by Gasteiger charge is -2.24. The van der Waals surface area contributed by atoms with Crippen molar-refractivity contribution in [3.8, 4) is 0 Å². The normalized spacial score (nSPS) is 10.9. The number of rotatable bonds is 9. The molecule has 1 amide bonds. The van der Waals surface area contributed by atoms with Crippen LogP contribution in [0, 0.1) is 5.82 Å². The lowest BCUT2D eigenvalue weighted by atomic mass is 10.1. The fraction of sp³-hybridized carbons (Fsp3) is 0.318. The zero-order valence-electron chi connectivity index (χ0n) is 17.3. The van der Waals surface area contributed by atoms with Crippen LogP contribution in [0.15, 0.2) is 56.7 Å². The molecule has 0 unspecified atom stereocenters. The first-order valence-corrected chi connectivity index (χ1v) is 10.1. The molecule has 2 heterocycles. The first-order valence-electron chi connectivity index (χ1n) is 10.1. The van der Waals surface area contributed by atoms with Gasteiger partial charge in [-0.05, 0) is 42.7 Å². The smallest absolute Gasteiger partial charge is 0.330 e. The molecule has 0 bridgehead atoms. The van der Waals surface area contributed by atoms with Crippen LogP contribution in [0.1, 0.15) is 37.5 Å². The average molecular weight is 428 g/mol. The molecular formula is C22H25FN4O4. The number of carbonyl (C=O) groups is 1. The molecule has 0 aliphatic rings. The van der Waals surface area contributed by atoms with Gasteiger partial charge in [0, 0.05) is 13.0 Å². The molecule has 2 aromatic heterocycles. The number of nitrogens with two attached hydrogens (primary N) is 1. The van der Waals surface area contributed by atoms with Crippen molar-refractivity contribution < 1.29 is 13.6 Å². The highest BCUT2D eigenvalue weighted by atomic mass is 19.1. The highest BCUT2D eigenvalue weighted by Crippen LogP contribution is 2.22. The number of aromatic nitrogens is 2. The molecule has 8 nitrogen and oxygen atoms in total. The van der Waals surface area contributed by atoms with Crippen LogP contribution in [0.4, 0.5) is 15.9 Å². The van der Waals surface area contributed by atoms with Gasteiger partial charge in [-0.25, -0.2) is 9.18 Å². The highest BCUT2D eigenvalue weighted by molar-refractivity contribution is 5.95. The van der Waals surface area contributed by atoms with Gasteiger partial charge in [0.2, 0.25) is 5.91 Å². The predicted octanol–water partition coefficient (Wildman–Crippen LogP) is 2.82. The molecular weight excluding hydrogens is 403 g/mol. The summed E-state index contributed by atoms with van der Waals surface area (Å²) in [5.41, 5.74) is 5.53. The Balaban J connectivity index is 1.95. The number of carbonyl (C=O) groups excluding carboxylic acids is 1. The predicted molar refractivity (Wildman–Crippen MR) is 115 cm³/mol. The third-order valence-electron chi connectivity index (χ3n) is 4.96. The molecule has 3 rings (SSSR count). The second-order valence-corrected chi connectivity index (χ2v) is 7.18. The van der Waals surface area contributed by atoms with Crippen LogP contribution in [-0.2, 0) is 24.3 Å². The summed E-state index contributed by atoms with van der Waals surface area (Å²) < 4.78 is 19.7. The summed E-state index contributed by atoms with van der Waals surface area (Å²) in [6.07, 6.45) is 3.38. The Morgan fingerprint density at radius 1 is 1.23 bits per heavy atom. The number of unbranched alkanes of at least 4 members (excludes halogenated alkanes) is 1. The van der Waals surface area contributed by atoms with E-state index in [-0.39, 0.29) is 36.2 Å². The van der Waals surface area contributed by atoms with E-state index >= 15 is 0 Å². The fourth-order valence-corrected chi connectivity index (χ4v) is 3.26. The maximum absolute atomic E-state index is 13.1. The van der Waals surface area contributed by atoms with E-state index in [0.717, 1.165) is 12.0 Å². The summed E-state index contributed by atoms with van der Waals surface area (Å²) in [7, 11) is 0. The maximum atomic E-state index is 13.1. The van der Waals surface area contributed by atoms with Crippen molar-refractivity contribution >= 4 is 17.4 Å². The monoisotopic (exact) mass is 428 g/mol. The number of H-pyrrole nitrogens is 1. The Bertz CT molecular complexity index is 1130. The molecule has 164 valence electrons. The molecule has 0 aliphatic heterocycles. The third-order valence-corrected chi connectivity index (χ3v) is 4.96. The minimum absolute atomic E-state index is 0.0193. The molecule has 0 atom stereocenters. The standard InChI is InChI=1S/C22H25FN4O4/c1-2-3-12-26-20(24)19(21(29)25-22(26)30)27(14-17-5-4-13-31-17)18(28)11-8-15-6-9-16(23)10-7-15/h4-7,9-10,13H,2-3,8,11-12,14,24H2,1H3,(H,25,29,30). The number of halogens is 1. The molecule has 0 aliphatic carbocycles. The van der Waals surface area contributed by atoms with E-state index in [1.165, 1.54) is 27.9 Å². The number of amides is 1. The van der Waals surface area contributed by atoms with Gasteiger partial charge in [0.1, 0.15) is 17.4 Å². The molecule has 0 spiro atoms. The number of nitrogens with zero attached hydrogens (tertiary/aromatic N) is 2. The van der Waals surface area contributed by atoms with Crippen molar-refractivity contribution in [1.82, 2.24) is 9.55 Å². The number of nitrogens with one attached hydrogen (secondary N) is 1. The number of anilines is 2. The topological polar surface area (TPSA) is 114 Å². The Morgan fingerprint density at radius 3 is 2.61 bits per heavy atom. The summed E-state index contributed by atoms with van der Waals surface area (Å²) in [6, 6.07) is 9.21. The van der Waals surface area contributed by atoms with Crippen LogP contribution in [0.2, 0.25) is 0 Å². The van der Waals surface area contributed by atoms with Crippen LogP contribution in [-0.4, -0.2) is 15.5 Å². The van der Waals surface area contributed by atoms with Crippen LogP contribution in [0.25, 0.3) is 0 Å². The summed E-state index contributed by atoms with van der Waals surface area (Å²) in [4.78, 5) is 41.5. The van der Waals surface area contributed by atoms with Crippen molar-refractivity contribution in [2.75, 3.05) is 10.6 Å². The number of aryl methyl sites for hydroxylation is 1. The van der Waals surface area contributed by atoms with Gasteiger partial charge >= 0.3 is 5.69 Å². The minimum Gasteiger partial charge on any atom is -0.467 e. The van der Waals surface area contributed by atoms with Crippen LogP contribution < -0.4 is 21.9 Å². The molecule has 0 radical (unpaired) electrons. The Kier molecular flexibility index (Phi) is 7.07. The van der Waals surface area contributed by atoms with E-state index < -0.39 is 11.2 Å². The molecule has 3 aromatic rings. The van der Waals surface area contributed by atoms with Crippen molar-refractivity contribution in [2.24, 2.45) is 0 Å². The first kappa shape index (κ1) is 22.1. The van der Waals surface area contributed by atoms with E-state index in [0.29, 0.717) is 25.1 Å². The quantitative estimate of drug-likeness (QED) is 0.544. The van der Waals surface area contributed by atoms with Gasteiger partial charge in [-0.2, -0.15) is 0 Å². The summed E-state index contributed by atoms with van der Waals surface area (Å²) in [5, 5.41) is 0. The molecule has 0 saturated carbocycles. The second kappa shape index (κ2) is 9.92. The zero-order valence-corrected chi connectivity index (χ0v) is 17.3. The minimum atomic E-state index is -0.739. The van der Waals surface area contributed by atoms with Crippen molar-refractivity contribution in [2.45, 2.75) is 45.7 Å².